The van der Waals surface area contributed by atoms with Crippen LogP contribution in [0.3, 0.4) is 0 Å². The number of alkyl halides is 3. The molecule has 27 heavy (non-hydrogen) atoms. The highest BCUT2D eigenvalue weighted by Gasteiger charge is 2.34. The smallest absolute Gasteiger partial charge is 0.366 e. The predicted octanol–water partition coefficient (Wildman–Crippen LogP) is 2.11. The standard InChI is InChI=1S/C18H21F3N4O2/c1-11-7-12(2)25(24-11)14-4-3-13(15(8-14)18(19,20)21)9-23-17(26)16-10-22-5-6-27-16/h3-4,7-8,16,22H,5-6,9-10H2,1-2H3,(H,23,26). The summed E-state index contributed by atoms with van der Waals surface area (Å²) in [7, 11) is 0. The molecule has 1 aromatic heterocycles. The van der Waals surface area contributed by atoms with Gasteiger partial charge in [-0.15, -0.1) is 0 Å². The van der Waals surface area contributed by atoms with E-state index < -0.39 is 23.8 Å². The van der Waals surface area contributed by atoms with Crippen molar-refractivity contribution in [3.8, 4) is 5.69 Å². The number of aromatic nitrogens is 2. The predicted molar refractivity (Wildman–Crippen MR) is 92.5 cm³/mol. The van der Waals surface area contributed by atoms with E-state index in [1.54, 1.807) is 26.0 Å². The highest BCUT2D eigenvalue weighted by molar-refractivity contribution is 5.81. The number of ether oxygens (including phenoxy) is 1. The van der Waals surface area contributed by atoms with Crippen LogP contribution in [0.25, 0.3) is 5.69 Å². The van der Waals surface area contributed by atoms with Crippen LogP contribution in [0.1, 0.15) is 22.5 Å². The Morgan fingerprint density at radius 3 is 2.74 bits per heavy atom. The van der Waals surface area contributed by atoms with Gasteiger partial charge >= 0.3 is 6.18 Å². The van der Waals surface area contributed by atoms with Crippen LogP contribution < -0.4 is 10.6 Å². The molecule has 1 unspecified atom stereocenters. The molecule has 146 valence electrons. The van der Waals surface area contributed by atoms with E-state index in [1.165, 1.54) is 10.7 Å². The SMILES string of the molecule is Cc1cc(C)n(-c2ccc(CNC(=O)C3CNCCO3)c(C(F)(F)F)c2)n1. The molecule has 1 amide bonds. The molecule has 0 radical (unpaired) electrons. The van der Waals surface area contributed by atoms with Crippen molar-refractivity contribution in [1.82, 2.24) is 20.4 Å². The summed E-state index contributed by atoms with van der Waals surface area (Å²) in [4.78, 5) is 12.1. The van der Waals surface area contributed by atoms with E-state index in [0.29, 0.717) is 25.4 Å². The van der Waals surface area contributed by atoms with Gasteiger partial charge in [0.05, 0.1) is 23.6 Å². The summed E-state index contributed by atoms with van der Waals surface area (Å²) in [5.41, 5.74) is 0.977. The minimum Gasteiger partial charge on any atom is -0.366 e. The zero-order valence-electron chi connectivity index (χ0n) is 15.1. The maximum atomic E-state index is 13.6. The molecular weight excluding hydrogens is 361 g/mol. The largest absolute Gasteiger partial charge is 0.416 e. The fourth-order valence-electron chi connectivity index (χ4n) is 3.03. The number of halogens is 3. The number of nitrogens with one attached hydrogen (secondary N) is 2. The molecule has 0 aliphatic carbocycles. The summed E-state index contributed by atoms with van der Waals surface area (Å²) in [5.74, 6) is -0.432. The molecule has 2 heterocycles. The van der Waals surface area contributed by atoms with E-state index in [1.807, 2.05) is 0 Å². The Labute approximate surface area is 154 Å². The van der Waals surface area contributed by atoms with Gasteiger partial charge in [-0.25, -0.2) is 4.68 Å². The lowest BCUT2D eigenvalue weighted by atomic mass is 10.1. The van der Waals surface area contributed by atoms with Crippen LogP contribution >= 0.6 is 0 Å². The van der Waals surface area contributed by atoms with Gasteiger partial charge in [0.1, 0.15) is 6.10 Å². The molecule has 2 N–H and O–H groups in total. The number of amides is 1. The summed E-state index contributed by atoms with van der Waals surface area (Å²) >= 11 is 0. The minimum absolute atomic E-state index is 0.00935. The summed E-state index contributed by atoms with van der Waals surface area (Å²) in [5, 5.41) is 9.76. The lowest BCUT2D eigenvalue weighted by Gasteiger charge is -2.23. The number of rotatable bonds is 4. The van der Waals surface area contributed by atoms with Gasteiger partial charge in [-0.3, -0.25) is 4.79 Å². The summed E-state index contributed by atoms with van der Waals surface area (Å²) in [6.07, 6.45) is -5.24. The zero-order chi connectivity index (χ0) is 19.6. The maximum Gasteiger partial charge on any atom is 0.416 e. The van der Waals surface area contributed by atoms with E-state index in [-0.39, 0.29) is 12.1 Å². The first-order valence-electron chi connectivity index (χ1n) is 8.59. The van der Waals surface area contributed by atoms with Gasteiger partial charge in [-0.1, -0.05) is 6.07 Å². The molecule has 1 saturated heterocycles. The number of nitrogens with zero attached hydrogens (tertiary/aromatic N) is 2. The van der Waals surface area contributed by atoms with Crippen molar-refractivity contribution in [3.63, 3.8) is 0 Å². The molecule has 1 atom stereocenters. The second-order valence-corrected chi connectivity index (χ2v) is 6.46. The average Bonchev–Trinajstić information content (AvgIpc) is 2.97. The molecule has 9 heteroatoms. The Hall–Kier alpha value is -2.39. The normalized spacial score (nSPS) is 17.7. The third kappa shape index (κ3) is 4.48. The third-order valence-corrected chi connectivity index (χ3v) is 4.33. The van der Waals surface area contributed by atoms with E-state index in [2.05, 4.69) is 15.7 Å². The van der Waals surface area contributed by atoms with Crippen LogP contribution in [0, 0.1) is 13.8 Å². The molecule has 3 rings (SSSR count). The van der Waals surface area contributed by atoms with Gasteiger partial charge in [0, 0.05) is 25.3 Å². The fourth-order valence-corrected chi connectivity index (χ4v) is 3.03. The van der Waals surface area contributed by atoms with E-state index in [9.17, 15) is 18.0 Å². The Balaban J connectivity index is 1.82. The van der Waals surface area contributed by atoms with Crippen LogP contribution in [-0.2, 0) is 22.3 Å². The van der Waals surface area contributed by atoms with Crippen LogP contribution in [-0.4, -0.2) is 41.5 Å². The fraction of sp³-hybridized carbons (Fsp3) is 0.444. The van der Waals surface area contributed by atoms with Crippen LogP contribution in [0.4, 0.5) is 13.2 Å². The van der Waals surface area contributed by atoms with Gasteiger partial charge < -0.3 is 15.4 Å². The second kappa shape index (κ2) is 7.69. The van der Waals surface area contributed by atoms with Crippen molar-refractivity contribution >= 4 is 5.91 Å². The molecule has 0 bridgehead atoms. The van der Waals surface area contributed by atoms with Gasteiger partial charge in [0.15, 0.2) is 0 Å². The number of carbonyl (C=O) groups is 1. The molecule has 1 aliphatic rings. The Morgan fingerprint density at radius 1 is 1.37 bits per heavy atom. The molecule has 0 saturated carbocycles. The van der Waals surface area contributed by atoms with Gasteiger partial charge in [-0.2, -0.15) is 18.3 Å². The number of aryl methyl sites for hydroxylation is 2. The van der Waals surface area contributed by atoms with Crippen molar-refractivity contribution in [2.45, 2.75) is 32.7 Å². The average molecular weight is 382 g/mol. The van der Waals surface area contributed by atoms with Crippen molar-refractivity contribution < 1.29 is 22.7 Å². The molecule has 1 aliphatic heterocycles. The number of hydrogen-bond donors (Lipinski definition) is 2. The van der Waals surface area contributed by atoms with Crippen molar-refractivity contribution in [3.05, 3.63) is 46.8 Å². The van der Waals surface area contributed by atoms with E-state index in [4.69, 9.17) is 4.74 Å². The number of morpholine rings is 1. The highest BCUT2D eigenvalue weighted by atomic mass is 19.4. The van der Waals surface area contributed by atoms with Crippen molar-refractivity contribution in [2.24, 2.45) is 0 Å². The first kappa shape index (κ1) is 19.4. The lowest BCUT2D eigenvalue weighted by Crippen LogP contribution is -2.47. The van der Waals surface area contributed by atoms with E-state index >= 15 is 0 Å². The highest BCUT2D eigenvalue weighted by Crippen LogP contribution is 2.33. The molecule has 1 fully saturated rings. The second-order valence-electron chi connectivity index (χ2n) is 6.46. The monoisotopic (exact) mass is 382 g/mol. The quantitative estimate of drug-likeness (QED) is 0.850. The minimum atomic E-state index is -4.55. The van der Waals surface area contributed by atoms with Gasteiger partial charge in [0.2, 0.25) is 0 Å². The van der Waals surface area contributed by atoms with Crippen molar-refractivity contribution in [1.29, 1.82) is 0 Å². The molecule has 6 nitrogen and oxygen atoms in total. The van der Waals surface area contributed by atoms with Crippen molar-refractivity contribution in [2.75, 3.05) is 19.7 Å². The molecular formula is C18H21F3N4O2. The first-order chi connectivity index (χ1) is 12.8. The summed E-state index contributed by atoms with van der Waals surface area (Å²) in [6.45, 7) is 4.71. The first-order valence-corrected chi connectivity index (χ1v) is 8.59. The molecule has 2 aromatic rings. The number of carbonyl (C=O) groups excluding carboxylic acids is 1. The van der Waals surface area contributed by atoms with E-state index in [0.717, 1.165) is 17.5 Å². The lowest BCUT2D eigenvalue weighted by molar-refractivity contribution is -0.139. The molecule has 1 aromatic carbocycles. The van der Waals surface area contributed by atoms with Gasteiger partial charge in [-0.05, 0) is 37.6 Å². The number of hydrogen-bond acceptors (Lipinski definition) is 4. The number of benzene rings is 1. The third-order valence-electron chi connectivity index (χ3n) is 4.33. The van der Waals surface area contributed by atoms with Crippen LogP contribution in [0.2, 0.25) is 0 Å². The van der Waals surface area contributed by atoms with Gasteiger partial charge in [0.25, 0.3) is 5.91 Å². The Kier molecular flexibility index (Phi) is 5.52. The van der Waals surface area contributed by atoms with Crippen LogP contribution in [0.5, 0.6) is 0 Å². The topological polar surface area (TPSA) is 68.2 Å². The maximum absolute atomic E-state index is 13.6. The zero-order valence-corrected chi connectivity index (χ0v) is 15.1. The Morgan fingerprint density at radius 2 is 2.15 bits per heavy atom. The summed E-state index contributed by atoms with van der Waals surface area (Å²) < 4.78 is 47.4. The van der Waals surface area contributed by atoms with Crippen LogP contribution in [0.15, 0.2) is 24.3 Å². The summed E-state index contributed by atoms with van der Waals surface area (Å²) in [6, 6.07) is 5.78. The Bertz CT molecular complexity index is 826. The molecule has 0 spiro atoms.